The quantitative estimate of drug-likeness (QED) is 0.0703. The maximum atomic E-state index is 15.0. The van der Waals surface area contributed by atoms with Crippen molar-refractivity contribution in [2.45, 2.75) is 114 Å². The van der Waals surface area contributed by atoms with Crippen LogP contribution in [0.1, 0.15) is 122 Å². The van der Waals surface area contributed by atoms with E-state index < -0.39 is 35.4 Å². The molecule has 0 radical (unpaired) electrons. The van der Waals surface area contributed by atoms with Gasteiger partial charge < -0.3 is 28.5 Å². The normalized spacial score (nSPS) is 25.8. The smallest absolute Gasteiger partial charge is 0.339 e. The van der Waals surface area contributed by atoms with Crippen LogP contribution in [0.2, 0.25) is 0 Å². The topological polar surface area (TPSA) is 122 Å². The Bertz CT molecular complexity index is 2640. The van der Waals surface area contributed by atoms with Crippen LogP contribution in [-0.4, -0.2) is 49.1 Å². The van der Waals surface area contributed by atoms with E-state index >= 15 is 4.79 Å². The molecular weight excluding hydrogens is 817 g/mol. The molecule has 2 aliphatic carbocycles. The standard InChI is InChI=1S/C56H60O9/c1-35(34-57)46-24-19-36-17-20-39(21-18-36)47-25-22-41(40-14-10-13-38(30-40)29-37-11-6-4-7-12-37)31-44(47)33-49(58)62-52-50-48(26-23-42-32-43(27-28-61-3)54(59)63-51(42)50)65-56(2,53(52)64-55(46)60)45-15-8-5-9-16-45/h4,6-7,10-14,17-18,20-23,25-26,30,32,41,44-45,47,52-53,57H,5,8-9,15-16,19,24,27-29,31,33-34H2,1-3H3/b46-35-/t41-,44+,47+,52-,53+,56+/m1/s1. The van der Waals surface area contributed by atoms with Crippen LogP contribution < -0.4 is 10.4 Å². The number of allylic oxidation sites excluding steroid dienone is 2. The first kappa shape index (κ1) is 44.4. The highest BCUT2D eigenvalue weighted by molar-refractivity contribution is 5.90. The predicted octanol–water partition coefficient (Wildman–Crippen LogP) is 10.6. The second-order valence-corrected chi connectivity index (χ2v) is 18.8. The average Bonchev–Trinajstić information content (AvgIpc) is 3.32. The van der Waals surface area contributed by atoms with Gasteiger partial charge in [0.15, 0.2) is 12.2 Å². The average molecular weight is 877 g/mol. The van der Waals surface area contributed by atoms with Crippen molar-refractivity contribution in [2.24, 2.45) is 11.8 Å². The lowest BCUT2D eigenvalue weighted by Gasteiger charge is -2.50. The fourth-order valence-corrected chi connectivity index (χ4v) is 10.9. The summed E-state index contributed by atoms with van der Waals surface area (Å²) in [5.41, 5.74) is 6.11. The van der Waals surface area contributed by atoms with Crippen LogP contribution in [0.3, 0.4) is 0 Å². The molecule has 10 rings (SSSR count). The molecule has 5 aliphatic rings. The van der Waals surface area contributed by atoms with Crippen LogP contribution in [0.5, 0.6) is 5.75 Å². The van der Waals surface area contributed by atoms with Gasteiger partial charge in [-0.3, -0.25) is 4.79 Å². The van der Waals surface area contributed by atoms with E-state index in [0.717, 1.165) is 49.7 Å². The molecule has 1 fully saturated rings. The Hall–Kier alpha value is -5.77. The molecule has 0 amide bonds. The maximum absolute atomic E-state index is 15.0. The van der Waals surface area contributed by atoms with E-state index in [4.69, 9.17) is 23.4 Å². The molecule has 1 saturated carbocycles. The minimum absolute atomic E-state index is 0.0382. The number of fused-ring (bicyclic) bond motifs is 11. The summed E-state index contributed by atoms with van der Waals surface area (Å²) in [5, 5.41) is 11.0. The maximum Gasteiger partial charge on any atom is 0.339 e. The van der Waals surface area contributed by atoms with Gasteiger partial charge in [0.1, 0.15) is 16.9 Å². The van der Waals surface area contributed by atoms with Gasteiger partial charge in [0.2, 0.25) is 0 Å². The summed E-state index contributed by atoms with van der Waals surface area (Å²) in [6.45, 7) is 3.74. The van der Waals surface area contributed by atoms with Gasteiger partial charge in [-0.2, -0.15) is 0 Å². The van der Waals surface area contributed by atoms with Gasteiger partial charge in [-0.25, -0.2) is 9.59 Å². The zero-order valence-electron chi connectivity index (χ0n) is 37.8. The van der Waals surface area contributed by atoms with Gasteiger partial charge >= 0.3 is 17.6 Å². The van der Waals surface area contributed by atoms with Crippen LogP contribution in [-0.2, 0) is 43.1 Å². The number of methoxy groups -OCH3 is 1. The Morgan fingerprint density at radius 1 is 0.831 bits per heavy atom. The second-order valence-electron chi connectivity index (χ2n) is 18.8. The van der Waals surface area contributed by atoms with Crippen molar-refractivity contribution in [3.8, 4) is 5.75 Å². The summed E-state index contributed by atoms with van der Waals surface area (Å²) < 4.78 is 32.1. The number of aliphatic hydroxyl groups is 1. The third kappa shape index (κ3) is 9.36. The third-order valence-corrected chi connectivity index (χ3v) is 14.6. The van der Waals surface area contributed by atoms with E-state index in [9.17, 15) is 14.7 Å². The van der Waals surface area contributed by atoms with Gasteiger partial charge in [0.05, 0.1) is 18.8 Å². The molecule has 6 atom stereocenters. The van der Waals surface area contributed by atoms with E-state index in [1.54, 1.807) is 20.1 Å². The van der Waals surface area contributed by atoms with E-state index in [2.05, 4.69) is 84.9 Å². The lowest BCUT2D eigenvalue weighted by atomic mass is 9.71. The zero-order chi connectivity index (χ0) is 45.1. The van der Waals surface area contributed by atoms with Gasteiger partial charge in [0, 0.05) is 54.2 Å². The molecule has 0 spiro atoms. The van der Waals surface area contributed by atoms with Crippen LogP contribution >= 0.6 is 0 Å². The van der Waals surface area contributed by atoms with Crippen molar-refractivity contribution in [3.05, 3.63) is 170 Å². The lowest BCUT2D eigenvalue weighted by Crippen LogP contribution is -2.58. The first-order valence-corrected chi connectivity index (χ1v) is 23.5. The van der Waals surface area contributed by atoms with Crippen LogP contribution in [0.25, 0.3) is 11.0 Å². The first-order chi connectivity index (χ1) is 31.6. The molecule has 9 nitrogen and oxygen atoms in total. The molecule has 5 aromatic rings. The van der Waals surface area contributed by atoms with Crippen molar-refractivity contribution in [2.75, 3.05) is 20.3 Å². The number of aliphatic hydroxyl groups excluding tert-OH is 1. The highest BCUT2D eigenvalue weighted by Crippen LogP contribution is 2.52. The van der Waals surface area contributed by atoms with Crippen molar-refractivity contribution in [1.29, 1.82) is 0 Å². The molecule has 0 unspecified atom stereocenters. The molecule has 2 bridgehead atoms. The van der Waals surface area contributed by atoms with Crippen molar-refractivity contribution in [1.82, 2.24) is 0 Å². The van der Waals surface area contributed by atoms with E-state index in [1.807, 2.05) is 25.1 Å². The number of carbonyl (C=O) groups is 2. The summed E-state index contributed by atoms with van der Waals surface area (Å²) in [7, 11) is 1.58. The van der Waals surface area contributed by atoms with E-state index in [0.29, 0.717) is 65.7 Å². The third-order valence-electron chi connectivity index (χ3n) is 14.6. The molecule has 65 heavy (non-hydrogen) atoms. The highest BCUT2D eigenvalue weighted by atomic mass is 16.6. The first-order valence-electron chi connectivity index (χ1n) is 23.5. The summed E-state index contributed by atoms with van der Waals surface area (Å²) in [5.74, 6) is -0.778. The van der Waals surface area contributed by atoms with Gasteiger partial charge in [-0.05, 0) is 110 Å². The van der Waals surface area contributed by atoms with Crippen molar-refractivity contribution >= 4 is 22.9 Å². The van der Waals surface area contributed by atoms with Crippen molar-refractivity contribution < 1.29 is 38.1 Å². The SMILES string of the molecule is COCCc1cc2ccc3c(c2oc1=O)[C@H]1OC(=O)C[C@@H]2C[C@H](c4cccc(Cc5ccccc5)c4)C=C[C@H]2c2ccc(cc2)CC/C(=C(\C)CO)C(=O)O[C@@H]1[C@](C)(C1CCCCC1)O3. The zero-order valence-corrected chi connectivity index (χ0v) is 37.8. The molecular formula is C56H60O9. The minimum Gasteiger partial charge on any atom is -0.483 e. The van der Waals surface area contributed by atoms with Crippen molar-refractivity contribution in [3.63, 3.8) is 0 Å². The Labute approximate surface area is 381 Å². The minimum atomic E-state index is -1.18. The van der Waals surface area contributed by atoms with Gasteiger partial charge in [-0.15, -0.1) is 0 Å². The van der Waals surface area contributed by atoms with Crippen LogP contribution in [0.15, 0.2) is 130 Å². The number of carbonyl (C=O) groups excluding carboxylic acids is 2. The van der Waals surface area contributed by atoms with Crippen LogP contribution in [0, 0.1) is 11.8 Å². The molecule has 9 heteroatoms. The Morgan fingerprint density at radius 2 is 1.62 bits per heavy atom. The molecule has 338 valence electrons. The van der Waals surface area contributed by atoms with E-state index in [1.165, 1.54) is 16.7 Å². The Kier molecular flexibility index (Phi) is 13.2. The molecule has 3 aliphatic heterocycles. The number of ether oxygens (including phenoxy) is 4. The number of esters is 2. The number of aryl methyl sites for hydroxylation is 1. The summed E-state index contributed by atoms with van der Waals surface area (Å²) in [4.78, 5) is 43.4. The fourth-order valence-electron chi connectivity index (χ4n) is 10.9. The number of hydrogen-bond donors (Lipinski definition) is 1. The molecule has 1 aromatic heterocycles. The summed E-state index contributed by atoms with van der Waals surface area (Å²) in [6.07, 6.45) is 9.87. The monoisotopic (exact) mass is 876 g/mol. The molecule has 4 heterocycles. The van der Waals surface area contributed by atoms with Crippen LogP contribution in [0.4, 0.5) is 0 Å². The summed E-state index contributed by atoms with van der Waals surface area (Å²) >= 11 is 0. The van der Waals surface area contributed by atoms with Gasteiger partial charge in [0.25, 0.3) is 0 Å². The second kappa shape index (κ2) is 19.4. The van der Waals surface area contributed by atoms with E-state index in [-0.39, 0.29) is 42.3 Å². The summed E-state index contributed by atoms with van der Waals surface area (Å²) in [6, 6.07) is 33.2. The lowest BCUT2D eigenvalue weighted by molar-refractivity contribution is -0.201. The molecule has 4 aromatic carbocycles. The molecule has 1 N–H and O–H groups in total. The largest absolute Gasteiger partial charge is 0.483 e. The number of hydrogen-bond acceptors (Lipinski definition) is 9. The number of rotatable bonds is 8. The predicted molar refractivity (Wildman–Crippen MR) is 250 cm³/mol. The number of benzene rings is 4. The molecule has 0 saturated heterocycles. The van der Waals surface area contributed by atoms with Gasteiger partial charge in [-0.1, -0.05) is 110 Å². The Balaban J connectivity index is 1.15. The Morgan fingerprint density at radius 3 is 2.38 bits per heavy atom. The fraction of sp³-hybridized carbons (Fsp3) is 0.411. The highest BCUT2D eigenvalue weighted by Gasteiger charge is 2.56.